The van der Waals surface area contributed by atoms with Gasteiger partial charge in [0, 0.05) is 60.4 Å². The Bertz CT molecular complexity index is 933. The molecular formula is C22H26I2N2O2S. The molecule has 0 spiro atoms. The molecule has 1 fully saturated rings. The average molecular weight is 636 g/mol. The van der Waals surface area contributed by atoms with Crippen LogP contribution < -0.4 is 0 Å². The van der Waals surface area contributed by atoms with Gasteiger partial charge in [0.15, 0.2) is 11.1 Å². The highest BCUT2D eigenvalue weighted by Crippen LogP contribution is 2.25. The maximum atomic E-state index is 12.2. The molecule has 1 aromatic heterocycles. The minimum Gasteiger partial charge on any atom is -0.361 e. The van der Waals surface area contributed by atoms with Crippen LogP contribution in [0, 0.1) is 0 Å². The van der Waals surface area contributed by atoms with Crippen LogP contribution in [-0.4, -0.2) is 40.3 Å². The quantitative estimate of drug-likeness (QED) is 0.331. The lowest BCUT2D eigenvalue weighted by Gasteiger charge is -2.18. The molecule has 0 amide bonds. The largest absolute Gasteiger partial charge is 0.361 e. The second-order valence-electron chi connectivity index (χ2n) is 7.29. The predicted molar refractivity (Wildman–Crippen MR) is 138 cm³/mol. The highest BCUT2D eigenvalue weighted by Gasteiger charge is 2.22. The summed E-state index contributed by atoms with van der Waals surface area (Å²) in [4.78, 5) is 6.58. The molecule has 3 aromatic rings. The van der Waals surface area contributed by atoms with Gasteiger partial charge in [-0.2, -0.15) is 0 Å². The van der Waals surface area contributed by atoms with E-state index < -0.39 is 11.1 Å². The van der Waals surface area contributed by atoms with Crippen LogP contribution >= 0.6 is 37.2 Å². The Morgan fingerprint density at radius 1 is 1.21 bits per heavy atom. The molecule has 2 heterocycles. The van der Waals surface area contributed by atoms with Crippen LogP contribution in [-0.2, 0) is 28.1 Å². The smallest absolute Gasteiger partial charge is 0.189 e. The molecule has 1 aliphatic heterocycles. The van der Waals surface area contributed by atoms with E-state index in [1.54, 1.807) is 0 Å². The van der Waals surface area contributed by atoms with E-state index in [1.807, 2.05) is 30.3 Å². The van der Waals surface area contributed by atoms with E-state index in [-0.39, 0.29) is 0 Å². The van der Waals surface area contributed by atoms with E-state index >= 15 is 0 Å². The van der Waals surface area contributed by atoms with Crippen molar-refractivity contribution >= 4 is 59.2 Å². The molecule has 29 heavy (non-hydrogen) atoms. The molecular weight excluding hydrogens is 610 g/mol. The van der Waals surface area contributed by atoms with Crippen LogP contribution in [0.1, 0.15) is 24.0 Å². The van der Waals surface area contributed by atoms with E-state index in [0.29, 0.717) is 17.5 Å². The molecule has 0 radical (unpaired) electrons. The summed E-state index contributed by atoms with van der Waals surface area (Å²) >= 11 is 2.84. The second-order valence-corrected chi connectivity index (χ2v) is 8.47. The minimum atomic E-state index is -1.40. The van der Waals surface area contributed by atoms with Gasteiger partial charge in [-0.1, -0.05) is 24.3 Å². The molecule has 156 valence electrons. The molecule has 0 aliphatic carbocycles. The summed E-state index contributed by atoms with van der Waals surface area (Å²) in [5, 5.41) is 1.30. The number of hydrogen-bond acceptors (Lipinski definition) is 3. The Morgan fingerprint density at radius 3 is 2.72 bits per heavy atom. The molecule has 1 aliphatic rings. The van der Waals surface area contributed by atoms with E-state index in [9.17, 15) is 4.21 Å². The highest BCUT2D eigenvalue weighted by atomic mass is 128. The number of benzene rings is 2. The standard InChI is InChI=1S/C22H26N2O2S.I2/c1-24-12-5-6-19(24)15-18-16-23-22-10-9-17(14-21(18)22)11-13-26-27(25)20-7-3-2-4-8-20;1-2/h2-4,7-10,14,16,19,23H,5-6,11-13,15H2,1H3;. The van der Waals surface area contributed by atoms with E-state index in [0.717, 1.165) is 12.8 Å². The van der Waals surface area contributed by atoms with Crippen LogP contribution in [0.4, 0.5) is 0 Å². The number of halogens is 2. The number of aromatic amines is 1. The fourth-order valence-corrected chi connectivity index (χ4v) is 4.63. The van der Waals surface area contributed by atoms with Gasteiger partial charge >= 0.3 is 0 Å². The third-order valence-corrected chi connectivity index (χ3v) is 6.51. The minimum absolute atomic E-state index is 0.443. The van der Waals surface area contributed by atoms with Gasteiger partial charge in [0.2, 0.25) is 0 Å². The first-order valence-corrected chi connectivity index (χ1v) is 17.1. The Morgan fingerprint density at radius 2 is 2.00 bits per heavy atom. The van der Waals surface area contributed by atoms with Crippen LogP contribution in [0.25, 0.3) is 10.9 Å². The number of fused-ring (bicyclic) bond motifs is 1. The molecule has 7 heteroatoms. The third-order valence-electron chi connectivity index (χ3n) is 5.48. The van der Waals surface area contributed by atoms with Crippen molar-refractivity contribution in [2.75, 3.05) is 20.2 Å². The van der Waals surface area contributed by atoms with Crippen LogP contribution in [0.15, 0.2) is 59.6 Å². The molecule has 2 unspecified atom stereocenters. The Hall–Kier alpha value is -0.490. The van der Waals surface area contributed by atoms with Gasteiger partial charge in [0.25, 0.3) is 0 Å². The predicted octanol–water partition coefficient (Wildman–Crippen LogP) is 5.86. The molecule has 4 rings (SSSR count). The van der Waals surface area contributed by atoms with Crippen molar-refractivity contribution < 1.29 is 8.39 Å². The second kappa shape index (κ2) is 11.8. The first-order valence-electron chi connectivity index (χ1n) is 9.74. The fraction of sp³-hybridized carbons (Fsp3) is 0.364. The Kier molecular flexibility index (Phi) is 9.42. The van der Waals surface area contributed by atoms with Crippen molar-refractivity contribution in [2.45, 2.75) is 36.6 Å². The van der Waals surface area contributed by atoms with Gasteiger partial charge in [-0.05, 0) is 74.7 Å². The molecule has 2 aromatic carbocycles. The molecule has 0 bridgehead atoms. The maximum absolute atomic E-state index is 12.2. The van der Waals surface area contributed by atoms with Crippen molar-refractivity contribution in [1.82, 2.24) is 9.88 Å². The first kappa shape index (κ1) is 23.2. The fourth-order valence-electron chi connectivity index (χ4n) is 3.88. The average Bonchev–Trinajstić information content (AvgIpc) is 3.36. The van der Waals surface area contributed by atoms with E-state index in [4.69, 9.17) is 4.18 Å². The topological polar surface area (TPSA) is 45.3 Å². The summed E-state index contributed by atoms with van der Waals surface area (Å²) in [6.07, 6.45) is 6.57. The van der Waals surface area contributed by atoms with Gasteiger partial charge in [0.1, 0.15) is 0 Å². The summed E-state index contributed by atoms with van der Waals surface area (Å²) in [5.74, 6) is 0. The van der Waals surface area contributed by atoms with Gasteiger partial charge in [-0.15, -0.1) is 0 Å². The lowest BCUT2D eigenvalue weighted by atomic mass is 10.0. The number of rotatable bonds is 7. The number of likely N-dealkylation sites (tertiary alicyclic amines) is 1. The van der Waals surface area contributed by atoms with Gasteiger partial charge in [-0.3, -0.25) is 4.18 Å². The van der Waals surface area contributed by atoms with Crippen molar-refractivity contribution in [2.24, 2.45) is 0 Å². The summed E-state index contributed by atoms with van der Waals surface area (Å²) in [5.41, 5.74) is 3.79. The summed E-state index contributed by atoms with van der Waals surface area (Å²) in [6, 6.07) is 16.5. The summed E-state index contributed by atoms with van der Waals surface area (Å²) < 4.78 is 17.7. The van der Waals surface area contributed by atoms with Gasteiger partial charge in [-0.25, -0.2) is 4.21 Å². The SMILES string of the molecule is CN1CCCC1Cc1c[nH]c2ccc(CCOS(=O)c3ccccc3)cc12.II. The van der Waals surface area contributed by atoms with Gasteiger partial charge in [0.05, 0.1) is 11.5 Å². The molecule has 2 atom stereocenters. The van der Waals surface area contributed by atoms with Crippen molar-refractivity contribution in [3.63, 3.8) is 0 Å². The van der Waals surface area contributed by atoms with Crippen LogP contribution in [0.3, 0.4) is 0 Å². The number of aromatic nitrogens is 1. The Labute approximate surface area is 198 Å². The third kappa shape index (κ3) is 6.25. The molecule has 0 saturated carbocycles. The molecule has 4 nitrogen and oxygen atoms in total. The normalized spacial score (nSPS) is 17.8. The lowest BCUT2D eigenvalue weighted by molar-refractivity contribution is 0.310. The zero-order chi connectivity index (χ0) is 20.6. The maximum Gasteiger partial charge on any atom is 0.189 e. The first-order chi connectivity index (χ1) is 14.2. The number of hydrogen-bond donors (Lipinski definition) is 1. The monoisotopic (exact) mass is 636 g/mol. The zero-order valence-electron chi connectivity index (χ0n) is 16.4. The van der Waals surface area contributed by atoms with E-state index in [1.165, 1.54) is 41.4 Å². The van der Waals surface area contributed by atoms with E-state index in [2.05, 4.69) is 78.6 Å². The Balaban J connectivity index is 0.00000117. The summed E-state index contributed by atoms with van der Waals surface area (Å²) in [6.45, 7) is 1.65. The number of likely N-dealkylation sites (N-methyl/N-ethyl adjacent to an activating group) is 1. The van der Waals surface area contributed by atoms with Crippen LogP contribution in [0.5, 0.6) is 0 Å². The summed E-state index contributed by atoms with van der Waals surface area (Å²) in [7, 11) is 2.22. The number of H-pyrrole nitrogens is 1. The van der Waals surface area contributed by atoms with Crippen LogP contribution in [0.2, 0.25) is 0 Å². The van der Waals surface area contributed by atoms with Crippen molar-refractivity contribution in [3.8, 4) is 0 Å². The zero-order valence-corrected chi connectivity index (χ0v) is 21.6. The molecule has 1 saturated heterocycles. The molecule has 1 N–H and O–H groups in total. The van der Waals surface area contributed by atoms with Crippen molar-refractivity contribution in [1.29, 1.82) is 0 Å². The highest BCUT2D eigenvalue weighted by molar-refractivity contribution is 15.0. The van der Waals surface area contributed by atoms with Gasteiger partial charge < -0.3 is 9.88 Å². The number of nitrogens with one attached hydrogen (secondary N) is 1. The van der Waals surface area contributed by atoms with Crippen molar-refractivity contribution in [3.05, 3.63) is 65.9 Å². The lowest BCUT2D eigenvalue weighted by Crippen LogP contribution is -2.26. The number of nitrogens with zero attached hydrogens (tertiary/aromatic N) is 1.